The molecule has 0 aliphatic rings. The number of hydrogen-bond acceptors (Lipinski definition) is 3. The van der Waals surface area contributed by atoms with Crippen molar-refractivity contribution in [3.8, 4) is 0 Å². The van der Waals surface area contributed by atoms with Gasteiger partial charge in [-0.25, -0.2) is 12.7 Å². The van der Waals surface area contributed by atoms with E-state index in [1.54, 1.807) is 7.05 Å². The number of anilines is 1. The molecular formula is C11H17ClN2O2S. The molecule has 0 bridgehead atoms. The van der Waals surface area contributed by atoms with Gasteiger partial charge in [0.05, 0.1) is 15.6 Å². The Bertz CT molecular complexity index is 500. The van der Waals surface area contributed by atoms with Gasteiger partial charge in [-0.2, -0.15) is 0 Å². The molecule has 0 heterocycles. The number of nitrogens with two attached hydrogens (primary N) is 1. The second-order valence-corrected chi connectivity index (χ2v) is 6.81. The highest BCUT2D eigenvalue weighted by Gasteiger charge is 2.21. The standard InChI is InChI=1S/C11H17ClN2O2S/c1-8(2)7-14(3)17(15,16)9-4-5-10(12)11(13)6-9/h4-6,8H,7,13H2,1-3H3. The molecule has 1 aromatic carbocycles. The van der Waals surface area contributed by atoms with Crippen molar-refractivity contribution < 1.29 is 8.42 Å². The van der Waals surface area contributed by atoms with Crippen molar-refractivity contribution in [3.63, 3.8) is 0 Å². The van der Waals surface area contributed by atoms with Crippen LogP contribution in [0.4, 0.5) is 5.69 Å². The van der Waals surface area contributed by atoms with E-state index in [0.717, 1.165) is 0 Å². The molecule has 96 valence electrons. The van der Waals surface area contributed by atoms with Crippen LogP contribution in [0.3, 0.4) is 0 Å². The quantitative estimate of drug-likeness (QED) is 0.858. The summed E-state index contributed by atoms with van der Waals surface area (Å²) < 4.78 is 25.6. The fraction of sp³-hybridized carbons (Fsp3) is 0.455. The van der Waals surface area contributed by atoms with Gasteiger partial charge >= 0.3 is 0 Å². The van der Waals surface area contributed by atoms with Crippen LogP contribution in [0, 0.1) is 5.92 Å². The molecule has 0 saturated carbocycles. The van der Waals surface area contributed by atoms with E-state index in [1.807, 2.05) is 13.8 Å². The molecule has 6 heteroatoms. The maximum atomic E-state index is 12.2. The second-order valence-electron chi connectivity index (χ2n) is 4.36. The highest BCUT2D eigenvalue weighted by atomic mass is 35.5. The summed E-state index contributed by atoms with van der Waals surface area (Å²) in [7, 11) is -1.92. The van der Waals surface area contributed by atoms with Crippen LogP contribution >= 0.6 is 11.6 Å². The van der Waals surface area contributed by atoms with Crippen LogP contribution in [0.15, 0.2) is 23.1 Å². The van der Waals surface area contributed by atoms with E-state index in [9.17, 15) is 8.42 Å². The molecule has 0 amide bonds. The van der Waals surface area contributed by atoms with Gasteiger partial charge < -0.3 is 5.73 Å². The van der Waals surface area contributed by atoms with Crippen LogP contribution in [-0.4, -0.2) is 26.3 Å². The Morgan fingerprint density at radius 3 is 2.47 bits per heavy atom. The zero-order chi connectivity index (χ0) is 13.2. The van der Waals surface area contributed by atoms with E-state index >= 15 is 0 Å². The highest BCUT2D eigenvalue weighted by molar-refractivity contribution is 7.89. The van der Waals surface area contributed by atoms with Crippen molar-refractivity contribution in [1.82, 2.24) is 4.31 Å². The van der Waals surface area contributed by atoms with E-state index < -0.39 is 10.0 Å². The minimum absolute atomic E-state index is 0.169. The minimum Gasteiger partial charge on any atom is -0.397 e. The smallest absolute Gasteiger partial charge is 0.242 e. The molecule has 1 rings (SSSR count). The zero-order valence-electron chi connectivity index (χ0n) is 10.1. The zero-order valence-corrected chi connectivity index (χ0v) is 11.7. The Hall–Kier alpha value is -0.780. The van der Waals surface area contributed by atoms with Gasteiger partial charge in [0.2, 0.25) is 10.0 Å². The summed E-state index contributed by atoms with van der Waals surface area (Å²) in [5, 5.41) is 0.357. The number of hydrogen-bond donors (Lipinski definition) is 1. The van der Waals surface area contributed by atoms with Gasteiger partial charge in [-0.15, -0.1) is 0 Å². The number of nitrogens with zero attached hydrogens (tertiary/aromatic N) is 1. The predicted molar refractivity (Wildman–Crippen MR) is 70.5 cm³/mol. The molecular weight excluding hydrogens is 260 g/mol. The number of nitrogen functional groups attached to an aromatic ring is 1. The van der Waals surface area contributed by atoms with Crippen LogP contribution in [0.5, 0.6) is 0 Å². The SMILES string of the molecule is CC(C)CN(C)S(=O)(=O)c1ccc(Cl)c(N)c1. The van der Waals surface area contributed by atoms with Gasteiger partial charge in [0, 0.05) is 13.6 Å². The first-order chi connectivity index (χ1) is 7.75. The summed E-state index contributed by atoms with van der Waals surface area (Å²) in [6, 6.07) is 4.34. The Morgan fingerprint density at radius 1 is 1.41 bits per heavy atom. The summed E-state index contributed by atoms with van der Waals surface area (Å²) in [6.07, 6.45) is 0. The molecule has 0 aliphatic carbocycles. The molecule has 0 unspecified atom stereocenters. The minimum atomic E-state index is -3.48. The third-order valence-electron chi connectivity index (χ3n) is 2.30. The molecule has 0 fully saturated rings. The average molecular weight is 277 g/mol. The van der Waals surface area contributed by atoms with E-state index in [4.69, 9.17) is 17.3 Å². The van der Waals surface area contributed by atoms with Gasteiger partial charge in [0.25, 0.3) is 0 Å². The first-order valence-corrected chi connectivity index (χ1v) is 7.08. The Labute approximate surface area is 107 Å². The lowest BCUT2D eigenvalue weighted by atomic mass is 10.2. The normalized spacial score (nSPS) is 12.4. The number of sulfonamides is 1. The van der Waals surface area contributed by atoms with Crippen LogP contribution in [0.1, 0.15) is 13.8 Å². The van der Waals surface area contributed by atoms with Crippen molar-refractivity contribution in [2.75, 3.05) is 19.3 Å². The lowest BCUT2D eigenvalue weighted by Crippen LogP contribution is -2.30. The van der Waals surface area contributed by atoms with Crippen LogP contribution in [0.2, 0.25) is 5.02 Å². The molecule has 17 heavy (non-hydrogen) atoms. The third-order valence-corrected chi connectivity index (χ3v) is 4.46. The number of halogens is 1. The average Bonchev–Trinajstić information content (AvgIpc) is 2.20. The molecule has 4 nitrogen and oxygen atoms in total. The lowest BCUT2D eigenvalue weighted by Gasteiger charge is -2.19. The molecule has 0 radical (unpaired) electrons. The molecule has 0 saturated heterocycles. The summed E-state index contributed by atoms with van der Waals surface area (Å²) >= 11 is 5.76. The molecule has 1 aromatic rings. The van der Waals surface area contributed by atoms with Crippen molar-refractivity contribution in [1.29, 1.82) is 0 Å². The van der Waals surface area contributed by atoms with Crippen molar-refractivity contribution >= 4 is 27.3 Å². The number of benzene rings is 1. The van der Waals surface area contributed by atoms with Gasteiger partial charge in [-0.3, -0.25) is 0 Å². The van der Waals surface area contributed by atoms with Gasteiger partial charge in [0.15, 0.2) is 0 Å². The van der Waals surface area contributed by atoms with Crippen LogP contribution in [0.25, 0.3) is 0 Å². The topological polar surface area (TPSA) is 63.4 Å². The lowest BCUT2D eigenvalue weighted by molar-refractivity contribution is 0.417. The van der Waals surface area contributed by atoms with Crippen molar-refractivity contribution in [2.45, 2.75) is 18.7 Å². The van der Waals surface area contributed by atoms with E-state index in [2.05, 4.69) is 0 Å². The Morgan fingerprint density at radius 2 is 2.00 bits per heavy atom. The number of rotatable bonds is 4. The van der Waals surface area contributed by atoms with Crippen molar-refractivity contribution in [2.24, 2.45) is 5.92 Å². The molecule has 0 aromatic heterocycles. The summed E-state index contributed by atoms with van der Waals surface area (Å²) in [5.41, 5.74) is 5.87. The summed E-state index contributed by atoms with van der Waals surface area (Å²) in [6.45, 7) is 4.38. The molecule has 0 aliphatic heterocycles. The first-order valence-electron chi connectivity index (χ1n) is 5.26. The summed E-state index contributed by atoms with van der Waals surface area (Å²) in [5.74, 6) is 0.263. The fourth-order valence-electron chi connectivity index (χ4n) is 1.47. The maximum absolute atomic E-state index is 12.2. The Kier molecular flexibility index (Phi) is 4.41. The highest BCUT2D eigenvalue weighted by Crippen LogP contribution is 2.24. The summed E-state index contributed by atoms with van der Waals surface area (Å²) in [4.78, 5) is 0.169. The van der Waals surface area contributed by atoms with E-state index in [0.29, 0.717) is 11.6 Å². The van der Waals surface area contributed by atoms with Gasteiger partial charge in [0.1, 0.15) is 0 Å². The predicted octanol–water partition coefficient (Wildman–Crippen LogP) is 2.20. The third kappa shape index (κ3) is 3.34. The molecule has 2 N–H and O–H groups in total. The van der Waals surface area contributed by atoms with E-state index in [-0.39, 0.29) is 16.5 Å². The molecule has 0 atom stereocenters. The van der Waals surface area contributed by atoms with Crippen LogP contribution < -0.4 is 5.73 Å². The maximum Gasteiger partial charge on any atom is 0.242 e. The molecule has 0 spiro atoms. The van der Waals surface area contributed by atoms with E-state index in [1.165, 1.54) is 22.5 Å². The van der Waals surface area contributed by atoms with Crippen LogP contribution in [-0.2, 0) is 10.0 Å². The van der Waals surface area contributed by atoms with Gasteiger partial charge in [-0.1, -0.05) is 25.4 Å². The first kappa shape index (κ1) is 14.3. The van der Waals surface area contributed by atoms with Gasteiger partial charge in [-0.05, 0) is 24.1 Å². The monoisotopic (exact) mass is 276 g/mol. The fourth-order valence-corrected chi connectivity index (χ4v) is 2.96. The largest absolute Gasteiger partial charge is 0.397 e. The second kappa shape index (κ2) is 5.25. The Balaban J connectivity index is 3.09. The van der Waals surface area contributed by atoms with Crippen molar-refractivity contribution in [3.05, 3.63) is 23.2 Å².